The molecule has 4 N–H and O–H groups in total. The van der Waals surface area contributed by atoms with Gasteiger partial charge in [-0.15, -0.1) is 0 Å². The number of aromatic hydroxyl groups is 1. The number of imide groups is 1. The lowest BCUT2D eigenvalue weighted by Gasteiger charge is -2.36. The maximum Gasteiger partial charge on any atom is 0.416 e. The molecule has 2 aromatic carbocycles. The molecule has 262 valence electrons. The number of anilines is 1. The van der Waals surface area contributed by atoms with Gasteiger partial charge in [0, 0.05) is 5.92 Å². The number of benzene rings is 2. The van der Waals surface area contributed by atoms with Crippen molar-refractivity contribution in [3.8, 4) is 11.5 Å². The monoisotopic (exact) mass is 797 g/mol. The number of phenolic OH excluding ortho intramolecular Hbond substituents is 1. The predicted octanol–water partition coefficient (Wildman–Crippen LogP) is 6.47. The molecule has 4 rings (SSSR count). The molecule has 2 amide bonds. The van der Waals surface area contributed by atoms with E-state index in [1.54, 1.807) is 12.1 Å². The quantitative estimate of drug-likeness (QED) is 0.0889. The SMILES string of the molecule is CCC/C(=C\c1cc(I)c(O)c(OC)c1)CC[C@@H](O)C1=C(CO)C[C@H]2C(=O)N(c3cc(C(F)(F)F)cc(C(F)(F)F)c3)C(=O)[C@H]2[C@H]1CO. The molecule has 0 unspecified atom stereocenters. The molecule has 2 aromatic rings. The third-order valence-corrected chi connectivity index (χ3v) is 9.54. The van der Waals surface area contributed by atoms with E-state index in [1.807, 2.05) is 35.6 Å². The zero-order valence-corrected chi connectivity index (χ0v) is 28.0. The first kappa shape index (κ1) is 37.7. The molecule has 2 aliphatic rings. The van der Waals surface area contributed by atoms with Crippen LogP contribution in [0.25, 0.3) is 6.08 Å². The molecule has 1 aliphatic heterocycles. The number of allylic oxidation sites excluding steroid dienone is 1. The zero-order valence-electron chi connectivity index (χ0n) is 25.8. The maximum absolute atomic E-state index is 13.7. The van der Waals surface area contributed by atoms with E-state index in [0.717, 1.165) is 17.6 Å². The van der Waals surface area contributed by atoms with Crippen LogP contribution in [0.15, 0.2) is 47.1 Å². The number of carbonyl (C=O) groups is 2. The minimum absolute atomic E-state index is 0.0100. The fraction of sp³-hybridized carbons (Fsp3) is 0.455. The van der Waals surface area contributed by atoms with Crippen molar-refractivity contribution in [2.24, 2.45) is 17.8 Å². The number of ether oxygens (including phenoxy) is 1. The van der Waals surface area contributed by atoms with Gasteiger partial charge in [-0.25, -0.2) is 4.90 Å². The van der Waals surface area contributed by atoms with E-state index in [2.05, 4.69) is 0 Å². The highest BCUT2D eigenvalue weighted by molar-refractivity contribution is 14.1. The molecule has 15 heteroatoms. The smallest absolute Gasteiger partial charge is 0.416 e. The summed E-state index contributed by atoms with van der Waals surface area (Å²) < 4.78 is 87.2. The van der Waals surface area contributed by atoms with Gasteiger partial charge in [-0.2, -0.15) is 26.3 Å². The summed E-state index contributed by atoms with van der Waals surface area (Å²) in [7, 11) is 1.42. The second-order valence-corrected chi connectivity index (χ2v) is 12.9. The van der Waals surface area contributed by atoms with Crippen molar-refractivity contribution < 1.29 is 61.1 Å². The lowest BCUT2D eigenvalue weighted by molar-refractivity contribution is -0.143. The summed E-state index contributed by atoms with van der Waals surface area (Å²) in [4.78, 5) is 27.5. The van der Waals surface area contributed by atoms with E-state index in [1.165, 1.54) is 7.11 Å². The highest BCUT2D eigenvalue weighted by atomic mass is 127. The van der Waals surface area contributed by atoms with Crippen LogP contribution in [0.2, 0.25) is 0 Å². The summed E-state index contributed by atoms with van der Waals surface area (Å²) in [6, 6.07) is 3.86. The molecule has 48 heavy (non-hydrogen) atoms. The number of alkyl halides is 6. The third-order valence-electron chi connectivity index (χ3n) is 8.71. The highest BCUT2D eigenvalue weighted by Gasteiger charge is 2.55. The number of aliphatic hydroxyl groups is 3. The normalized spacial score (nSPS) is 21.2. The Balaban J connectivity index is 1.66. The summed E-state index contributed by atoms with van der Waals surface area (Å²) in [5.74, 6) is -5.85. The Hall–Kier alpha value is -3.15. The van der Waals surface area contributed by atoms with Gasteiger partial charge in [-0.05, 0) is 95.3 Å². The lowest BCUT2D eigenvalue weighted by Crippen LogP contribution is -2.39. The molecule has 4 atom stereocenters. The average Bonchev–Trinajstić information content (AvgIpc) is 3.27. The fourth-order valence-electron chi connectivity index (χ4n) is 6.56. The molecular weight excluding hydrogens is 763 g/mol. The Morgan fingerprint density at radius 1 is 1.02 bits per heavy atom. The fourth-order valence-corrected chi connectivity index (χ4v) is 7.19. The Bertz CT molecular complexity index is 1590. The number of fused-ring (bicyclic) bond motifs is 1. The topological polar surface area (TPSA) is 128 Å². The number of methoxy groups -OCH3 is 1. The van der Waals surface area contributed by atoms with Crippen LogP contribution in [0.4, 0.5) is 32.0 Å². The van der Waals surface area contributed by atoms with Crippen molar-refractivity contribution in [3.05, 3.63) is 67.3 Å². The molecule has 0 aromatic heterocycles. The van der Waals surface area contributed by atoms with Crippen molar-refractivity contribution >= 4 is 46.2 Å². The van der Waals surface area contributed by atoms with Crippen LogP contribution in [-0.4, -0.2) is 58.7 Å². The summed E-state index contributed by atoms with van der Waals surface area (Å²) in [6.45, 7) is 0.500. The zero-order chi connectivity index (χ0) is 35.7. The van der Waals surface area contributed by atoms with E-state index in [0.29, 0.717) is 28.5 Å². The van der Waals surface area contributed by atoms with Gasteiger partial charge in [0.05, 0.1) is 58.6 Å². The van der Waals surface area contributed by atoms with Crippen LogP contribution in [0.5, 0.6) is 11.5 Å². The molecule has 0 bridgehead atoms. The van der Waals surface area contributed by atoms with Crippen molar-refractivity contribution in [1.29, 1.82) is 0 Å². The molecule has 0 radical (unpaired) electrons. The van der Waals surface area contributed by atoms with Crippen LogP contribution in [-0.2, 0) is 21.9 Å². The highest BCUT2D eigenvalue weighted by Crippen LogP contribution is 2.48. The number of aliphatic hydroxyl groups excluding tert-OH is 3. The first-order valence-corrected chi connectivity index (χ1v) is 16.1. The molecule has 1 saturated heterocycles. The maximum atomic E-state index is 13.7. The van der Waals surface area contributed by atoms with Gasteiger partial charge in [-0.1, -0.05) is 25.0 Å². The van der Waals surface area contributed by atoms with Gasteiger partial charge < -0.3 is 25.2 Å². The first-order chi connectivity index (χ1) is 22.5. The largest absolute Gasteiger partial charge is 0.504 e. The summed E-state index contributed by atoms with van der Waals surface area (Å²) in [5.41, 5.74) is -2.42. The molecule has 1 heterocycles. The van der Waals surface area contributed by atoms with Gasteiger partial charge in [0.2, 0.25) is 11.8 Å². The first-order valence-electron chi connectivity index (χ1n) is 15.0. The van der Waals surface area contributed by atoms with Crippen LogP contribution in [0.1, 0.15) is 55.7 Å². The number of halogens is 7. The molecular formula is C33H34F6INO7. The predicted molar refractivity (Wildman–Crippen MR) is 171 cm³/mol. The van der Waals surface area contributed by atoms with Crippen molar-refractivity contribution in [1.82, 2.24) is 0 Å². The Morgan fingerprint density at radius 2 is 1.65 bits per heavy atom. The standard InChI is InChI=1S/C33H34F6INO7/c1-3-4-16(7-17-8-24(40)29(45)26(9-17)48-2)5-6-25(44)27-18(14-42)10-22-28(23(27)15-43)31(47)41(30(22)46)21-12-19(32(34,35)36)11-20(13-21)33(37,38)39/h7-9,11-13,22-23,25,28,42-45H,3-6,10,14-15H2,1-2H3/b16-7+/t22-,23+,25-,28-/m1/s1. The van der Waals surface area contributed by atoms with E-state index >= 15 is 0 Å². The van der Waals surface area contributed by atoms with E-state index < -0.39 is 78.1 Å². The number of hydrogen-bond acceptors (Lipinski definition) is 7. The Labute approximate surface area is 285 Å². The van der Waals surface area contributed by atoms with Gasteiger partial charge >= 0.3 is 12.4 Å². The molecule has 8 nitrogen and oxygen atoms in total. The number of phenols is 1. The minimum Gasteiger partial charge on any atom is -0.504 e. The lowest BCUT2D eigenvalue weighted by atomic mass is 9.68. The number of amides is 2. The van der Waals surface area contributed by atoms with Crippen molar-refractivity contribution in [3.63, 3.8) is 0 Å². The molecule has 0 saturated carbocycles. The van der Waals surface area contributed by atoms with Gasteiger partial charge in [-0.3, -0.25) is 9.59 Å². The number of rotatable bonds is 11. The third kappa shape index (κ3) is 7.68. The Morgan fingerprint density at radius 3 is 2.17 bits per heavy atom. The van der Waals surface area contributed by atoms with Gasteiger partial charge in [0.1, 0.15) is 0 Å². The number of nitrogens with zero attached hydrogens (tertiary/aromatic N) is 1. The van der Waals surface area contributed by atoms with Crippen LogP contribution < -0.4 is 9.64 Å². The van der Waals surface area contributed by atoms with Crippen molar-refractivity contribution in [2.75, 3.05) is 25.2 Å². The minimum atomic E-state index is -5.22. The van der Waals surface area contributed by atoms with Crippen molar-refractivity contribution in [2.45, 2.75) is 57.5 Å². The number of hydrogen-bond donors (Lipinski definition) is 4. The average molecular weight is 798 g/mol. The molecule has 1 aliphatic carbocycles. The molecule has 0 spiro atoms. The summed E-state index contributed by atoms with van der Waals surface area (Å²) in [5, 5.41) is 42.3. The van der Waals surface area contributed by atoms with Crippen LogP contribution in [0.3, 0.4) is 0 Å². The van der Waals surface area contributed by atoms with Crippen LogP contribution in [0, 0.1) is 21.3 Å². The van der Waals surface area contributed by atoms with E-state index in [9.17, 15) is 56.4 Å². The molecule has 1 fully saturated rings. The summed E-state index contributed by atoms with van der Waals surface area (Å²) in [6.07, 6.45) is -8.39. The summed E-state index contributed by atoms with van der Waals surface area (Å²) >= 11 is 1.96. The second kappa shape index (κ2) is 14.8. The van der Waals surface area contributed by atoms with E-state index in [4.69, 9.17) is 4.74 Å². The van der Waals surface area contributed by atoms with Gasteiger partial charge in [0.25, 0.3) is 0 Å². The second-order valence-electron chi connectivity index (χ2n) is 11.8. The van der Waals surface area contributed by atoms with Crippen LogP contribution >= 0.6 is 22.6 Å². The van der Waals surface area contributed by atoms with Gasteiger partial charge in [0.15, 0.2) is 11.5 Å². The number of carbonyl (C=O) groups excluding carboxylic acids is 2. The Kier molecular flexibility index (Phi) is 11.6. The van der Waals surface area contributed by atoms with E-state index in [-0.39, 0.29) is 46.5 Å².